The van der Waals surface area contributed by atoms with Crippen LogP contribution in [-0.2, 0) is 24.9 Å². The Balaban J connectivity index is 1.29. The summed E-state index contributed by atoms with van der Waals surface area (Å²) in [5.74, 6) is -0.451. The van der Waals surface area contributed by atoms with Crippen LogP contribution in [0.15, 0.2) is 84.4 Å². The molecule has 41 heavy (non-hydrogen) atoms. The number of cyclic esters (lactones) is 1. The summed E-state index contributed by atoms with van der Waals surface area (Å²) in [5, 5.41) is 17.2. The highest BCUT2D eigenvalue weighted by Gasteiger charge is 2.36. The number of fused-ring (bicyclic) bond motifs is 1. The van der Waals surface area contributed by atoms with Crippen molar-refractivity contribution in [2.75, 3.05) is 18.8 Å². The monoisotopic (exact) mass is 573 g/mol. The molecular formula is C31H31N3O6S. The lowest BCUT2D eigenvalue weighted by atomic mass is 10.1. The number of aliphatic hydroxyl groups is 1. The van der Waals surface area contributed by atoms with E-state index in [4.69, 9.17) is 4.74 Å². The first-order valence-corrected chi connectivity index (χ1v) is 14.6. The zero-order valence-electron chi connectivity index (χ0n) is 22.3. The predicted octanol–water partition coefficient (Wildman–Crippen LogP) is 2.78. The molecule has 0 aliphatic carbocycles. The van der Waals surface area contributed by atoms with Crippen LogP contribution in [0.3, 0.4) is 0 Å². The lowest BCUT2D eigenvalue weighted by molar-refractivity contribution is -0.155. The Hall–Kier alpha value is -4.15. The number of carbonyl (C=O) groups excluding carboxylic acids is 4. The van der Waals surface area contributed by atoms with Gasteiger partial charge in [0.15, 0.2) is 0 Å². The second kappa shape index (κ2) is 13.0. The van der Waals surface area contributed by atoms with Gasteiger partial charge in [0.2, 0.25) is 18.1 Å². The molecule has 3 aromatic rings. The SMILES string of the molecule is O=C(CN1CC(CSCc2ccccc2)=CC[C@H](NC(=O)c2ccc3ccccc3c2)C1=O)N[C@H]1CC(=O)OC1O. The molecule has 1 unspecified atom stereocenters. The minimum atomic E-state index is -1.43. The number of hydrogen-bond acceptors (Lipinski definition) is 7. The van der Waals surface area contributed by atoms with Gasteiger partial charge in [0.05, 0.1) is 13.0 Å². The van der Waals surface area contributed by atoms with Crippen molar-refractivity contribution in [3.63, 3.8) is 0 Å². The molecule has 5 rings (SSSR count). The third-order valence-corrected chi connectivity index (χ3v) is 8.14. The topological polar surface area (TPSA) is 125 Å². The molecule has 9 nitrogen and oxygen atoms in total. The maximum Gasteiger partial charge on any atom is 0.310 e. The quantitative estimate of drug-likeness (QED) is 0.266. The fraction of sp³-hybridized carbons (Fsp3) is 0.290. The molecule has 3 amide bonds. The number of hydrogen-bond donors (Lipinski definition) is 3. The van der Waals surface area contributed by atoms with Gasteiger partial charge in [-0.05, 0) is 40.5 Å². The summed E-state index contributed by atoms with van der Waals surface area (Å²) in [6, 6.07) is 21.4. The number of ether oxygens (including phenoxy) is 1. The molecule has 2 aliphatic heterocycles. The zero-order chi connectivity index (χ0) is 28.8. The molecule has 0 aromatic heterocycles. The predicted molar refractivity (Wildman–Crippen MR) is 156 cm³/mol. The second-order valence-electron chi connectivity index (χ2n) is 10.1. The molecule has 3 atom stereocenters. The zero-order valence-corrected chi connectivity index (χ0v) is 23.1. The van der Waals surface area contributed by atoms with Gasteiger partial charge in [0.1, 0.15) is 12.1 Å². The first-order chi connectivity index (χ1) is 19.9. The normalized spacial score (nSPS) is 20.8. The highest BCUT2D eigenvalue weighted by Crippen LogP contribution is 2.21. The van der Waals surface area contributed by atoms with Crippen molar-refractivity contribution in [1.82, 2.24) is 15.5 Å². The number of rotatable bonds is 9. The molecule has 3 aromatic carbocycles. The maximum atomic E-state index is 13.6. The lowest BCUT2D eigenvalue weighted by Gasteiger charge is -2.26. The molecule has 1 saturated heterocycles. The Morgan fingerprint density at radius 3 is 2.46 bits per heavy atom. The van der Waals surface area contributed by atoms with Crippen molar-refractivity contribution >= 4 is 46.2 Å². The van der Waals surface area contributed by atoms with E-state index in [9.17, 15) is 24.3 Å². The van der Waals surface area contributed by atoms with Crippen LogP contribution in [-0.4, -0.2) is 70.9 Å². The van der Waals surface area contributed by atoms with Crippen molar-refractivity contribution in [3.05, 3.63) is 95.6 Å². The first kappa shape index (κ1) is 28.4. The smallest absolute Gasteiger partial charge is 0.310 e. The Bertz CT molecular complexity index is 1480. The average molecular weight is 574 g/mol. The van der Waals surface area contributed by atoms with Gasteiger partial charge in [-0.2, -0.15) is 11.8 Å². The first-order valence-electron chi connectivity index (χ1n) is 13.4. The van der Waals surface area contributed by atoms with E-state index in [1.807, 2.05) is 54.6 Å². The van der Waals surface area contributed by atoms with Crippen LogP contribution in [0.5, 0.6) is 0 Å². The fourth-order valence-corrected chi connectivity index (χ4v) is 5.89. The highest BCUT2D eigenvalue weighted by molar-refractivity contribution is 7.98. The molecule has 1 fully saturated rings. The van der Waals surface area contributed by atoms with Crippen LogP contribution in [0.2, 0.25) is 0 Å². The summed E-state index contributed by atoms with van der Waals surface area (Å²) in [6.45, 7) is -0.0711. The molecule has 3 N–H and O–H groups in total. The summed E-state index contributed by atoms with van der Waals surface area (Å²) in [7, 11) is 0. The van der Waals surface area contributed by atoms with Crippen molar-refractivity contribution in [3.8, 4) is 0 Å². The number of nitrogens with one attached hydrogen (secondary N) is 2. The van der Waals surface area contributed by atoms with E-state index < -0.39 is 30.3 Å². The standard InChI is InChI=1S/C31H31N3O6S/c35-27(32-26-15-28(36)40-31(26)39)17-34-16-21(19-41-18-20-6-2-1-3-7-20)10-13-25(30(34)38)33-29(37)24-12-11-22-8-4-5-9-23(22)14-24/h1-12,14,25-26,31,39H,13,15-19H2,(H,32,35)(H,33,37)/t25-,26-,31?/m0/s1. The minimum Gasteiger partial charge on any atom is -0.434 e. The van der Waals surface area contributed by atoms with Crippen LogP contribution in [0.1, 0.15) is 28.8 Å². The van der Waals surface area contributed by atoms with Crippen molar-refractivity contribution in [1.29, 1.82) is 0 Å². The van der Waals surface area contributed by atoms with Gasteiger partial charge in [-0.25, -0.2) is 0 Å². The largest absolute Gasteiger partial charge is 0.434 e. The third-order valence-electron chi connectivity index (χ3n) is 7.03. The van der Waals surface area contributed by atoms with Crippen molar-refractivity contribution in [2.45, 2.75) is 37.0 Å². The number of nitrogens with zero attached hydrogens (tertiary/aromatic N) is 1. The minimum absolute atomic E-state index is 0.146. The molecular weight excluding hydrogens is 542 g/mol. The Morgan fingerprint density at radius 2 is 1.71 bits per heavy atom. The fourth-order valence-electron chi connectivity index (χ4n) is 4.89. The van der Waals surface area contributed by atoms with Gasteiger partial charge >= 0.3 is 5.97 Å². The van der Waals surface area contributed by atoms with Crippen LogP contribution >= 0.6 is 11.8 Å². The number of benzene rings is 3. The van der Waals surface area contributed by atoms with E-state index >= 15 is 0 Å². The summed E-state index contributed by atoms with van der Waals surface area (Å²) in [5.41, 5.74) is 2.59. The molecule has 2 aliphatic rings. The summed E-state index contributed by atoms with van der Waals surface area (Å²) in [6.07, 6.45) is 0.685. The summed E-state index contributed by atoms with van der Waals surface area (Å²) < 4.78 is 4.70. The van der Waals surface area contributed by atoms with Crippen molar-refractivity contribution in [2.24, 2.45) is 0 Å². The Morgan fingerprint density at radius 1 is 0.951 bits per heavy atom. The van der Waals surface area contributed by atoms with E-state index in [0.717, 1.165) is 22.1 Å². The molecule has 212 valence electrons. The summed E-state index contributed by atoms with van der Waals surface area (Å²) >= 11 is 1.70. The number of thioether (sulfide) groups is 1. The molecule has 10 heteroatoms. The van der Waals surface area contributed by atoms with E-state index in [0.29, 0.717) is 17.7 Å². The van der Waals surface area contributed by atoms with E-state index in [1.54, 1.807) is 23.9 Å². The molecule has 0 bridgehead atoms. The van der Waals surface area contributed by atoms with Crippen molar-refractivity contribution < 1.29 is 29.0 Å². The van der Waals surface area contributed by atoms with E-state index in [-0.39, 0.29) is 31.3 Å². The van der Waals surface area contributed by atoms with Crippen LogP contribution in [0.4, 0.5) is 0 Å². The maximum absolute atomic E-state index is 13.6. The molecule has 0 radical (unpaired) electrons. The van der Waals surface area contributed by atoms with Crippen LogP contribution in [0.25, 0.3) is 10.8 Å². The van der Waals surface area contributed by atoms with E-state index in [2.05, 4.69) is 22.8 Å². The van der Waals surface area contributed by atoms with Gasteiger partial charge in [-0.15, -0.1) is 0 Å². The van der Waals surface area contributed by atoms with Gasteiger partial charge in [-0.1, -0.05) is 66.7 Å². The lowest BCUT2D eigenvalue weighted by Crippen LogP contribution is -2.52. The highest BCUT2D eigenvalue weighted by atomic mass is 32.2. The molecule has 0 saturated carbocycles. The number of esters is 1. The Labute approximate surface area is 241 Å². The second-order valence-corrected chi connectivity index (χ2v) is 11.1. The summed E-state index contributed by atoms with van der Waals surface area (Å²) in [4.78, 5) is 52.5. The third kappa shape index (κ3) is 7.33. The Kier molecular flexibility index (Phi) is 9.01. The number of aliphatic hydroxyl groups excluding tert-OH is 1. The van der Waals surface area contributed by atoms with Crippen LogP contribution in [0, 0.1) is 0 Å². The number of carbonyl (C=O) groups is 4. The van der Waals surface area contributed by atoms with Gasteiger partial charge in [-0.3, -0.25) is 19.2 Å². The molecule has 0 spiro atoms. The van der Waals surface area contributed by atoms with Crippen LogP contribution < -0.4 is 10.6 Å². The van der Waals surface area contributed by atoms with Gasteiger partial charge < -0.3 is 25.4 Å². The van der Waals surface area contributed by atoms with E-state index in [1.165, 1.54) is 10.5 Å². The van der Waals surface area contributed by atoms with Gasteiger partial charge in [0.25, 0.3) is 5.91 Å². The number of amides is 3. The average Bonchev–Trinajstić information content (AvgIpc) is 3.21. The van der Waals surface area contributed by atoms with Gasteiger partial charge in [0, 0.05) is 23.6 Å². The molecule has 2 heterocycles.